The first kappa shape index (κ1) is 12.6. The molecule has 3 N–H and O–H groups in total. The lowest BCUT2D eigenvalue weighted by atomic mass is 10.1. The molecule has 3 aromatic rings. The second-order valence-electron chi connectivity index (χ2n) is 4.21. The Hall–Kier alpha value is -2.40. The molecule has 2 heterocycles. The third-order valence-corrected chi connectivity index (χ3v) is 3.70. The SMILES string of the molecule is N=C(N)c1cc(Sc2ccccn2)nc2ccccc12. The van der Waals surface area contributed by atoms with Gasteiger partial charge in [0, 0.05) is 17.1 Å². The highest BCUT2D eigenvalue weighted by molar-refractivity contribution is 7.99. The second kappa shape index (κ2) is 5.30. The molecular weight excluding hydrogens is 268 g/mol. The van der Waals surface area contributed by atoms with Gasteiger partial charge in [0.15, 0.2) is 0 Å². The largest absolute Gasteiger partial charge is 0.384 e. The zero-order chi connectivity index (χ0) is 13.9. The molecule has 0 saturated carbocycles. The number of amidine groups is 1. The van der Waals surface area contributed by atoms with Crippen molar-refractivity contribution in [2.24, 2.45) is 5.73 Å². The molecule has 0 bridgehead atoms. The molecule has 0 amide bonds. The van der Waals surface area contributed by atoms with E-state index in [0.29, 0.717) is 5.56 Å². The summed E-state index contributed by atoms with van der Waals surface area (Å²) < 4.78 is 0. The molecule has 1 aromatic carbocycles. The van der Waals surface area contributed by atoms with Crippen molar-refractivity contribution < 1.29 is 0 Å². The Bertz CT molecular complexity index is 771. The van der Waals surface area contributed by atoms with Crippen LogP contribution in [-0.2, 0) is 0 Å². The van der Waals surface area contributed by atoms with E-state index in [-0.39, 0.29) is 5.84 Å². The van der Waals surface area contributed by atoms with Crippen LogP contribution >= 0.6 is 11.8 Å². The third kappa shape index (κ3) is 2.48. The predicted molar refractivity (Wildman–Crippen MR) is 81.1 cm³/mol. The average Bonchev–Trinajstić information content (AvgIpc) is 2.47. The summed E-state index contributed by atoms with van der Waals surface area (Å²) in [7, 11) is 0. The number of nitrogens with one attached hydrogen (secondary N) is 1. The fourth-order valence-corrected chi connectivity index (χ4v) is 2.74. The molecule has 2 aromatic heterocycles. The van der Waals surface area contributed by atoms with Gasteiger partial charge in [-0.05, 0) is 24.3 Å². The first-order valence-corrected chi connectivity index (χ1v) is 6.89. The van der Waals surface area contributed by atoms with Gasteiger partial charge in [-0.3, -0.25) is 5.41 Å². The maximum atomic E-state index is 7.72. The molecule has 98 valence electrons. The van der Waals surface area contributed by atoms with Crippen LogP contribution in [0, 0.1) is 5.41 Å². The van der Waals surface area contributed by atoms with E-state index in [1.807, 2.05) is 48.5 Å². The first-order valence-electron chi connectivity index (χ1n) is 6.07. The van der Waals surface area contributed by atoms with Gasteiger partial charge in [-0.25, -0.2) is 9.97 Å². The lowest BCUT2D eigenvalue weighted by molar-refractivity contribution is 1.11. The fourth-order valence-electron chi connectivity index (χ4n) is 1.94. The summed E-state index contributed by atoms with van der Waals surface area (Å²) in [6.45, 7) is 0. The molecule has 0 unspecified atom stereocenters. The van der Waals surface area contributed by atoms with Crippen molar-refractivity contribution in [1.29, 1.82) is 5.41 Å². The molecular formula is C15H12N4S. The van der Waals surface area contributed by atoms with E-state index in [9.17, 15) is 0 Å². The van der Waals surface area contributed by atoms with Gasteiger partial charge in [-0.1, -0.05) is 36.0 Å². The van der Waals surface area contributed by atoms with Gasteiger partial charge >= 0.3 is 0 Å². The molecule has 0 spiro atoms. The molecule has 0 aliphatic carbocycles. The number of hydrogen-bond acceptors (Lipinski definition) is 4. The topological polar surface area (TPSA) is 75.7 Å². The molecule has 4 nitrogen and oxygen atoms in total. The van der Waals surface area contributed by atoms with Crippen molar-refractivity contribution in [2.45, 2.75) is 10.1 Å². The van der Waals surface area contributed by atoms with Crippen LogP contribution in [0.3, 0.4) is 0 Å². The van der Waals surface area contributed by atoms with E-state index < -0.39 is 0 Å². The molecule has 0 saturated heterocycles. The molecule has 5 heteroatoms. The fraction of sp³-hybridized carbons (Fsp3) is 0. The minimum atomic E-state index is 0.0477. The summed E-state index contributed by atoms with van der Waals surface area (Å²) >= 11 is 1.46. The zero-order valence-electron chi connectivity index (χ0n) is 10.6. The normalized spacial score (nSPS) is 10.6. The number of pyridine rings is 2. The standard InChI is InChI=1S/C15H12N4S/c16-15(17)11-9-14(20-13-7-3-4-8-18-13)19-12-6-2-1-5-10(11)12/h1-9H,(H3,16,17). The van der Waals surface area contributed by atoms with E-state index in [1.165, 1.54) is 11.8 Å². The van der Waals surface area contributed by atoms with Crippen molar-refractivity contribution in [2.75, 3.05) is 0 Å². The first-order chi connectivity index (χ1) is 9.74. The molecule has 0 aliphatic heterocycles. The van der Waals surface area contributed by atoms with Crippen LogP contribution in [0.15, 0.2) is 64.8 Å². The summed E-state index contributed by atoms with van der Waals surface area (Å²) in [5.41, 5.74) is 7.21. The number of aromatic nitrogens is 2. The average molecular weight is 280 g/mol. The Balaban J connectivity index is 2.10. The van der Waals surface area contributed by atoms with Gasteiger partial charge in [0.2, 0.25) is 0 Å². The van der Waals surface area contributed by atoms with E-state index in [4.69, 9.17) is 11.1 Å². The number of hydrogen-bond donors (Lipinski definition) is 2. The Morgan fingerprint density at radius 3 is 2.60 bits per heavy atom. The minimum Gasteiger partial charge on any atom is -0.384 e. The van der Waals surface area contributed by atoms with Crippen molar-refractivity contribution in [3.05, 3.63) is 60.3 Å². The van der Waals surface area contributed by atoms with Crippen molar-refractivity contribution >= 4 is 28.5 Å². The lowest BCUT2D eigenvalue weighted by Crippen LogP contribution is -2.12. The molecule has 0 aliphatic rings. The smallest absolute Gasteiger partial charge is 0.123 e. The quantitative estimate of drug-likeness (QED) is 0.571. The van der Waals surface area contributed by atoms with Crippen LogP contribution in [0.25, 0.3) is 10.9 Å². The van der Waals surface area contributed by atoms with E-state index in [0.717, 1.165) is 21.0 Å². The highest BCUT2D eigenvalue weighted by Gasteiger charge is 2.09. The van der Waals surface area contributed by atoms with Crippen LogP contribution in [-0.4, -0.2) is 15.8 Å². The second-order valence-corrected chi connectivity index (χ2v) is 5.25. The highest BCUT2D eigenvalue weighted by atomic mass is 32.2. The van der Waals surface area contributed by atoms with E-state index >= 15 is 0 Å². The molecule has 20 heavy (non-hydrogen) atoms. The van der Waals surface area contributed by atoms with Gasteiger partial charge in [-0.2, -0.15) is 0 Å². The summed E-state index contributed by atoms with van der Waals surface area (Å²) in [5, 5.41) is 10.3. The number of nitrogens with zero attached hydrogens (tertiary/aromatic N) is 2. The summed E-state index contributed by atoms with van der Waals surface area (Å²) in [5.74, 6) is 0.0477. The Morgan fingerprint density at radius 1 is 1.05 bits per heavy atom. The van der Waals surface area contributed by atoms with Gasteiger partial charge in [0.1, 0.15) is 15.9 Å². The third-order valence-electron chi connectivity index (χ3n) is 2.83. The zero-order valence-corrected chi connectivity index (χ0v) is 11.4. The van der Waals surface area contributed by atoms with E-state index in [2.05, 4.69) is 9.97 Å². The monoisotopic (exact) mass is 280 g/mol. The Morgan fingerprint density at radius 2 is 1.85 bits per heavy atom. The number of fused-ring (bicyclic) bond motifs is 1. The maximum Gasteiger partial charge on any atom is 0.123 e. The molecule has 0 atom stereocenters. The minimum absolute atomic E-state index is 0.0477. The molecule has 3 rings (SSSR count). The number of nitrogens with two attached hydrogens (primary N) is 1. The van der Waals surface area contributed by atoms with Gasteiger partial charge < -0.3 is 5.73 Å². The number of benzene rings is 1. The molecule has 0 fully saturated rings. The number of para-hydroxylation sites is 1. The number of nitrogen functional groups attached to an aromatic ring is 1. The maximum absolute atomic E-state index is 7.72. The van der Waals surface area contributed by atoms with Crippen LogP contribution in [0.5, 0.6) is 0 Å². The van der Waals surface area contributed by atoms with Crippen molar-refractivity contribution in [3.8, 4) is 0 Å². The van der Waals surface area contributed by atoms with Crippen molar-refractivity contribution in [3.63, 3.8) is 0 Å². The van der Waals surface area contributed by atoms with Gasteiger partial charge in [0.05, 0.1) is 5.52 Å². The highest BCUT2D eigenvalue weighted by Crippen LogP contribution is 2.28. The van der Waals surface area contributed by atoms with E-state index in [1.54, 1.807) is 6.20 Å². The number of rotatable bonds is 3. The summed E-state index contributed by atoms with van der Waals surface area (Å²) in [6, 6.07) is 15.3. The molecule has 0 radical (unpaired) electrons. The Labute approximate surface area is 120 Å². The van der Waals surface area contributed by atoms with Gasteiger partial charge in [0.25, 0.3) is 0 Å². The van der Waals surface area contributed by atoms with Crippen molar-refractivity contribution in [1.82, 2.24) is 9.97 Å². The summed E-state index contributed by atoms with van der Waals surface area (Å²) in [4.78, 5) is 8.85. The van der Waals surface area contributed by atoms with Crippen LogP contribution in [0.2, 0.25) is 0 Å². The Kier molecular flexibility index (Phi) is 3.35. The predicted octanol–water partition coefficient (Wildman–Crippen LogP) is 3.07. The van der Waals surface area contributed by atoms with Gasteiger partial charge in [-0.15, -0.1) is 0 Å². The van der Waals surface area contributed by atoms with Crippen LogP contribution in [0.4, 0.5) is 0 Å². The van der Waals surface area contributed by atoms with Crippen LogP contribution < -0.4 is 5.73 Å². The lowest BCUT2D eigenvalue weighted by Gasteiger charge is -2.07. The van der Waals surface area contributed by atoms with Crippen LogP contribution in [0.1, 0.15) is 5.56 Å². The summed E-state index contributed by atoms with van der Waals surface area (Å²) in [6.07, 6.45) is 1.75.